The Kier molecular flexibility index (Phi) is 5.62. The van der Waals surface area contributed by atoms with Gasteiger partial charge in [0.2, 0.25) is 0 Å². The molecule has 0 aromatic heterocycles. The lowest BCUT2D eigenvalue weighted by Crippen LogP contribution is -2.16. The van der Waals surface area contributed by atoms with E-state index in [9.17, 15) is 14.5 Å². The number of hydrogen-bond acceptors (Lipinski definition) is 3. The number of carbonyl (C=O) groups excluding carboxylic acids is 1. The summed E-state index contributed by atoms with van der Waals surface area (Å²) in [6.45, 7) is 7.30. The van der Waals surface area contributed by atoms with Crippen LogP contribution in [0.15, 0.2) is 12.1 Å². The van der Waals surface area contributed by atoms with Crippen molar-refractivity contribution >= 4 is 19.5 Å². The minimum absolute atomic E-state index is 0.248. The van der Waals surface area contributed by atoms with Gasteiger partial charge in [0, 0.05) is 5.56 Å². The van der Waals surface area contributed by atoms with Gasteiger partial charge in [-0.15, -0.1) is 0 Å². The number of ketones is 1. The molecule has 0 bridgehead atoms. The number of aromatic hydroxyl groups is 1. The first-order chi connectivity index (χ1) is 11.4. The van der Waals surface area contributed by atoms with Crippen LogP contribution < -0.4 is 0 Å². The summed E-state index contributed by atoms with van der Waals surface area (Å²) in [4.78, 5) is 30.4. The van der Waals surface area contributed by atoms with E-state index in [0.717, 1.165) is 47.9 Å². The molecule has 1 aromatic rings. The molecule has 0 saturated heterocycles. The van der Waals surface area contributed by atoms with Crippen molar-refractivity contribution in [2.75, 3.05) is 0 Å². The molecule has 1 atom stereocenters. The van der Waals surface area contributed by atoms with E-state index in [1.165, 1.54) is 13.0 Å². The monoisotopic (exact) mass is 366 g/mol. The average Bonchev–Trinajstić information content (AvgIpc) is 2.51. The second kappa shape index (κ2) is 7.06. The lowest BCUT2D eigenvalue weighted by Gasteiger charge is -2.27. The second-order valence-electron chi connectivity index (χ2n) is 7.78. The second-order valence-corrected chi connectivity index (χ2v) is 9.73. The summed E-state index contributed by atoms with van der Waals surface area (Å²) in [6.07, 6.45) is 6.55. The topological polar surface area (TPSA) is 94.8 Å². The van der Waals surface area contributed by atoms with Crippen molar-refractivity contribution in [3.05, 3.63) is 34.4 Å². The number of benzene rings is 1. The predicted octanol–water partition coefficient (Wildman–Crippen LogP) is 3.72. The van der Waals surface area contributed by atoms with E-state index < -0.39 is 19.0 Å². The van der Waals surface area contributed by atoms with Crippen molar-refractivity contribution in [2.24, 2.45) is 0 Å². The Morgan fingerprint density at radius 3 is 2.28 bits per heavy atom. The van der Waals surface area contributed by atoms with Crippen molar-refractivity contribution in [3.63, 3.8) is 0 Å². The van der Waals surface area contributed by atoms with Gasteiger partial charge in [-0.25, -0.2) is 0 Å². The smallest absolute Gasteiger partial charge is 0.336 e. The van der Waals surface area contributed by atoms with Gasteiger partial charge in [-0.1, -0.05) is 26.8 Å². The van der Waals surface area contributed by atoms with Crippen LogP contribution in [0.3, 0.4) is 0 Å². The summed E-state index contributed by atoms with van der Waals surface area (Å²) in [5.74, 6) is -0.252. The molecule has 3 N–H and O–H groups in total. The first-order valence-electron chi connectivity index (χ1n) is 8.58. The number of allylic oxidation sites excluding steroid dienone is 1. The molecule has 0 saturated carbocycles. The summed E-state index contributed by atoms with van der Waals surface area (Å²) in [5, 5.41) is 10.7. The number of carbonyl (C=O) groups is 1. The molecule has 0 aliphatic heterocycles. The van der Waals surface area contributed by atoms with Crippen LogP contribution >= 0.6 is 7.60 Å². The molecule has 0 heterocycles. The molecular formula is C19H27O5P. The zero-order valence-electron chi connectivity index (χ0n) is 15.2. The fourth-order valence-electron chi connectivity index (χ4n) is 3.16. The highest BCUT2D eigenvalue weighted by Crippen LogP contribution is 2.42. The van der Waals surface area contributed by atoms with Gasteiger partial charge >= 0.3 is 7.60 Å². The molecule has 0 radical (unpaired) electrons. The van der Waals surface area contributed by atoms with Crippen LogP contribution in [0.4, 0.5) is 0 Å². The first kappa shape index (κ1) is 19.9. The van der Waals surface area contributed by atoms with E-state index in [0.29, 0.717) is 5.75 Å². The molecule has 1 aliphatic rings. The summed E-state index contributed by atoms with van der Waals surface area (Å²) in [6, 6.07) is 1.89. The quantitative estimate of drug-likeness (QED) is 0.558. The zero-order valence-corrected chi connectivity index (χ0v) is 16.1. The van der Waals surface area contributed by atoms with Crippen molar-refractivity contribution in [3.8, 4) is 5.75 Å². The van der Waals surface area contributed by atoms with Crippen molar-refractivity contribution in [1.82, 2.24) is 0 Å². The van der Waals surface area contributed by atoms with Crippen LogP contribution in [0.1, 0.15) is 62.8 Å². The van der Waals surface area contributed by atoms with Crippen LogP contribution in [-0.4, -0.2) is 26.3 Å². The van der Waals surface area contributed by atoms with Crippen molar-refractivity contribution in [1.29, 1.82) is 0 Å². The van der Waals surface area contributed by atoms with Gasteiger partial charge in [-0.05, 0) is 66.9 Å². The Hall–Kier alpha value is -1.42. The normalized spacial score (nSPS) is 16.7. The molecule has 0 fully saturated rings. The number of phenolic OH excluding ortho intramolecular Hbond substituents is 1. The molecule has 6 heteroatoms. The Morgan fingerprint density at radius 2 is 1.76 bits per heavy atom. The Bertz CT molecular complexity index is 752. The van der Waals surface area contributed by atoms with Gasteiger partial charge in [-0.2, -0.15) is 0 Å². The van der Waals surface area contributed by atoms with Crippen LogP contribution in [-0.2, 0) is 27.6 Å². The fourth-order valence-corrected chi connectivity index (χ4v) is 3.57. The molecule has 1 unspecified atom stereocenters. The molecule has 0 spiro atoms. The molecule has 1 aliphatic carbocycles. The summed E-state index contributed by atoms with van der Waals surface area (Å²) < 4.78 is 11.3. The van der Waals surface area contributed by atoms with Gasteiger partial charge in [0.1, 0.15) is 11.4 Å². The largest absolute Gasteiger partial charge is 0.507 e. The Balaban J connectivity index is 2.49. The molecule has 1 aromatic carbocycles. The lowest BCUT2D eigenvalue weighted by molar-refractivity contribution is -0.114. The average molecular weight is 366 g/mol. The van der Waals surface area contributed by atoms with Gasteiger partial charge in [0.15, 0.2) is 5.78 Å². The highest BCUT2D eigenvalue weighted by Gasteiger charge is 2.29. The van der Waals surface area contributed by atoms with E-state index >= 15 is 0 Å². The van der Waals surface area contributed by atoms with E-state index in [1.54, 1.807) is 6.08 Å². The van der Waals surface area contributed by atoms with E-state index in [1.807, 2.05) is 26.8 Å². The molecule has 0 amide bonds. The number of fused-ring (bicyclic) bond motifs is 1. The van der Waals surface area contributed by atoms with E-state index in [4.69, 9.17) is 9.79 Å². The maximum Gasteiger partial charge on any atom is 0.336 e. The van der Waals surface area contributed by atoms with Gasteiger partial charge in [0.25, 0.3) is 0 Å². The first-order valence-corrected chi connectivity index (χ1v) is 10.3. The third-order valence-corrected chi connectivity index (χ3v) is 6.07. The number of phenols is 1. The van der Waals surface area contributed by atoms with Gasteiger partial charge in [0.05, 0.1) is 0 Å². The highest BCUT2D eigenvalue weighted by molar-refractivity contribution is 7.53. The SMILES string of the molecule is CC(C(=O)/C=C/c1cc(C(C)(C)C)c(O)c2c1CCCC2)P(=O)(O)O. The summed E-state index contributed by atoms with van der Waals surface area (Å²) in [5.41, 5.74) is 2.05. The van der Waals surface area contributed by atoms with E-state index in [-0.39, 0.29) is 5.41 Å². The standard InChI is InChI=1S/C19H27O5P/c1-12(25(22,23)24)17(20)10-9-13-11-16(19(2,3)4)18(21)15-8-6-5-7-14(13)15/h9-12,21H,5-8H2,1-4H3,(H2,22,23,24)/b10-9+. The lowest BCUT2D eigenvalue weighted by atomic mass is 9.79. The summed E-state index contributed by atoms with van der Waals surface area (Å²) >= 11 is 0. The Morgan fingerprint density at radius 1 is 1.20 bits per heavy atom. The third-order valence-electron chi connectivity index (χ3n) is 4.81. The van der Waals surface area contributed by atoms with Crippen molar-refractivity contribution in [2.45, 2.75) is 64.5 Å². The van der Waals surface area contributed by atoms with Crippen LogP contribution in [0.25, 0.3) is 6.08 Å². The van der Waals surface area contributed by atoms with Crippen molar-refractivity contribution < 1.29 is 24.3 Å². The maximum atomic E-state index is 12.1. The highest BCUT2D eigenvalue weighted by atomic mass is 31.2. The molecule has 5 nitrogen and oxygen atoms in total. The zero-order chi connectivity index (χ0) is 19.0. The van der Waals surface area contributed by atoms with Crippen LogP contribution in [0, 0.1) is 0 Å². The minimum atomic E-state index is -4.44. The fraction of sp³-hybridized carbons (Fsp3) is 0.526. The Labute approximate surface area is 148 Å². The summed E-state index contributed by atoms with van der Waals surface area (Å²) in [7, 11) is -4.44. The predicted molar refractivity (Wildman–Crippen MR) is 99.0 cm³/mol. The molecule has 2 rings (SSSR count). The van der Waals surface area contributed by atoms with Gasteiger partial charge in [-0.3, -0.25) is 9.36 Å². The van der Waals surface area contributed by atoms with Crippen LogP contribution in [0.2, 0.25) is 0 Å². The maximum absolute atomic E-state index is 12.1. The number of rotatable bonds is 4. The molecular weight excluding hydrogens is 339 g/mol. The third kappa shape index (κ3) is 4.41. The minimum Gasteiger partial charge on any atom is -0.507 e. The van der Waals surface area contributed by atoms with E-state index in [2.05, 4.69) is 0 Å². The number of hydrogen-bond donors (Lipinski definition) is 3. The molecule has 25 heavy (non-hydrogen) atoms. The molecule has 138 valence electrons. The van der Waals surface area contributed by atoms with Gasteiger partial charge < -0.3 is 14.9 Å². The van der Waals surface area contributed by atoms with Crippen LogP contribution in [0.5, 0.6) is 5.75 Å².